The molecule has 2 aliphatic heterocycles. The molecule has 2 aliphatic rings. The summed E-state index contributed by atoms with van der Waals surface area (Å²) >= 11 is 0. The molecular weight excluding hydrogens is 218 g/mol. The van der Waals surface area contributed by atoms with Crippen molar-refractivity contribution >= 4 is 12.1 Å². The SMILES string of the molecule is CCC(COC)C1=CC(=O)N2N=CCC=C2N1. The van der Waals surface area contributed by atoms with Crippen molar-refractivity contribution in [3.63, 3.8) is 0 Å². The van der Waals surface area contributed by atoms with Crippen LogP contribution in [-0.4, -0.2) is 30.8 Å². The minimum Gasteiger partial charge on any atom is -0.384 e. The summed E-state index contributed by atoms with van der Waals surface area (Å²) in [5.41, 5.74) is 0.916. The standard InChI is InChI=1S/C12H17N3O2/c1-3-9(8-17-2)10-7-12(16)15-11(14-10)5-4-6-13-15/h5-7,9,14H,3-4,8H2,1-2H3. The van der Waals surface area contributed by atoms with Crippen molar-refractivity contribution in [3.8, 4) is 0 Å². The number of hydrazone groups is 1. The molecule has 0 aliphatic carbocycles. The first-order chi connectivity index (χ1) is 8.26. The Bertz CT molecular complexity index is 399. The molecule has 0 saturated carbocycles. The van der Waals surface area contributed by atoms with Gasteiger partial charge in [0, 0.05) is 37.4 Å². The molecule has 5 nitrogen and oxygen atoms in total. The van der Waals surface area contributed by atoms with E-state index in [9.17, 15) is 4.79 Å². The van der Waals surface area contributed by atoms with E-state index in [1.54, 1.807) is 19.4 Å². The Balaban J connectivity index is 2.20. The fourth-order valence-electron chi connectivity index (χ4n) is 1.95. The number of ether oxygens (including phenoxy) is 1. The smallest absolute Gasteiger partial charge is 0.274 e. The predicted octanol–water partition coefficient (Wildman–Crippen LogP) is 1.21. The van der Waals surface area contributed by atoms with Crippen LogP contribution in [0.4, 0.5) is 0 Å². The molecular formula is C12H17N3O2. The zero-order valence-electron chi connectivity index (χ0n) is 10.1. The first-order valence-electron chi connectivity index (χ1n) is 5.80. The van der Waals surface area contributed by atoms with E-state index >= 15 is 0 Å². The van der Waals surface area contributed by atoms with Crippen LogP contribution < -0.4 is 5.32 Å². The first kappa shape index (κ1) is 11.9. The lowest BCUT2D eigenvalue weighted by molar-refractivity contribution is -0.125. The molecule has 0 fully saturated rings. The van der Waals surface area contributed by atoms with Gasteiger partial charge in [-0.25, -0.2) is 0 Å². The largest absolute Gasteiger partial charge is 0.384 e. The van der Waals surface area contributed by atoms with E-state index in [0.29, 0.717) is 6.61 Å². The number of nitrogens with one attached hydrogen (secondary N) is 1. The molecule has 0 aromatic carbocycles. The monoisotopic (exact) mass is 235 g/mol. The van der Waals surface area contributed by atoms with E-state index in [1.165, 1.54) is 5.01 Å². The van der Waals surface area contributed by atoms with E-state index < -0.39 is 0 Å². The number of amides is 1. The van der Waals surface area contributed by atoms with Crippen LogP contribution in [0, 0.1) is 5.92 Å². The third kappa shape index (κ3) is 2.39. The van der Waals surface area contributed by atoms with Crippen molar-refractivity contribution in [3.05, 3.63) is 23.7 Å². The van der Waals surface area contributed by atoms with Gasteiger partial charge in [0.25, 0.3) is 5.91 Å². The Labute approximate surface area is 101 Å². The average Bonchev–Trinajstić information content (AvgIpc) is 2.36. The molecule has 2 rings (SSSR count). The van der Waals surface area contributed by atoms with Gasteiger partial charge in [-0.3, -0.25) is 4.79 Å². The summed E-state index contributed by atoms with van der Waals surface area (Å²) in [5, 5.41) is 8.69. The van der Waals surface area contributed by atoms with Crippen LogP contribution in [0.25, 0.3) is 0 Å². The average molecular weight is 235 g/mol. The minimum absolute atomic E-state index is 0.101. The van der Waals surface area contributed by atoms with Gasteiger partial charge >= 0.3 is 0 Å². The summed E-state index contributed by atoms with van der Waals surface area (Å²) in [7, 11) is 1.67. The van der Waals surface area contributed by atoms with Gasteiger partial charge in [0.05, 0.1) is 6.61 Å². The second kappa shape index (κ2) is 5.14. The third-order valence-corrected chi connectivity index (χ3v) is 2.90. The number of hydrogen-bond donors (Lipinski definition) is 1. The summed E-state index contributed by atoms with van der Waals surface area (Å²) in [6.07, 6.45) is 6.95. The van der Waals surface area contributed by atoms with Crippen LogP contribution in [0.5, 0.6) is 0 Å². The zero-order valence-corrected chi connectivity index (χ0v) is 10.1. The van der Waals surface area contributed by atoms with Gasteiger partial charge in [-0.15, -0.1) is 0 Å². The summed E-state index contributed by atoms with van der Waals surface area (Å²) in [5.74, 6) is 0.873. The van der Waals surface area contributed by atoms with E-state index in [2.05, 4.69) is 17.3 Å². The Kier molecular flexibility index (Phi) is 3.58. The quantitative estimate of drug-likeness (QED) is 0.796. The lowest BCUT2D eigenvalue weighted by atomic mass is 10.0. The maximum Gasteiger partial charge on any atom is 0.274 e. The summed E-state index contributed by atoms with van der Waals surface area (Å²) in [6, 6.07) is 0. The summed E-state index contributed by atoms with van der Waals surface area (Å²) in [4.78, 5) is 11.9. The van der Waals surface area contributed by atoms with Crippen molar-refractivity contribution < 1.29 is 9.53 Å². The maximum absolute atomic E-state index is 11.9. The number of allylic oxidation sites excluding steroid dienone is 1. The maximum atomic E-state index is 11.9. The molecule has 0 bridgehead atoms. The number of hydrogen-bond acceptors (Lipinski definition) is 4. The van der Waals surface area contributed by atoms with E-state index in [-0.39, 0.29) is 11.8 Å². The molecule has 0 aromatic rings. The Morgan fingerprint density at radius 2 is 2.47 bits per heavy atom. The van der Waals surface area contributed by atoms with Gasteiger partial charge in [0.1, 0.15) is 5.82 Å². The second-order valence-electron chi connectivity index (χ2n) is 4.06. The molecule has 1 unspecified atom stereocenters. The number of carbonyl (C=O) groups is 1. The molecule has 2 heterocycles. The molecule has 92 valence electrons. The first-order valence-corrected chi connectivity index (χ1v) is 5.80. The highest BCUT2D eigenvalue weighted by molar-refractivity contribution is 5.91. The third-order valence-electron chi connectivity index (χ3n) is 2.90. The Hall–Kier alpha value is -1.62. The van der Waals surface area contributed by atoms with Crippen molar-refractivity contribution in [1.82, 2.24) is 10.3 Å². The lowest BCUT2D eigenvalue weighted by Crippen LogP contribution is -2.40. The van der Waals surface area contributed by atoms with Crippen LogP contribution in [0.3, 0.4) is 0 Å². The second-order valence-corrected chi connectivity index (χ2v) is 4.06. The molecule has 0 saturated heterocycles. The zero-order chi connectivity index (χ0) is 12.3. The highest BCUT2D eigenvalue weighted by Gasteiger charge is 2.26. The number of fused-ring (bicyclic) bond motifs is 1. The van der Waals surface area contributed by atoms with Crippen LogP contribution in [0.1, 0.15) is 19.8 Å². The van der Waals surface area contributed by atoms with Crippen LogP contribution >= 0.6 is 0 Å². The van der Waals surface area contributed by atoms with Gasteiger partial charge in [-0.2, -0.15) is 10.1 Å². The van der Waals surface area contributed by atoms with Gasteiger partial charge in [-0.1, -0.05) is 6.92 Å². The predicted molar refractivity (Wildman–Crippen MR) is 64.9 cm³/mol. The van der Waals surface area contributed by atoms with E-state index in [0.717, 1.165) is 24.4 Å². The fraction of sp³-hybridized carbons (Fsp3) is 0.500. The van der Waals surface area contributed by atoms with Gasteiger partial charge in [-0.05, 0) is 12.5 Å². The van der Waals surface area contributed by atoms with Crippen LogP contribution in [0.2, 0.25) is 0 Å². The van der Waals surface area contributed by atoms with Crippen molar-refractivity contribution in [2.24, 2.45) is 11.0 Å². The fourth-order valence-corrected chi connectivity index (χ4v) is 1.95. The van der Waals surface area contributed by atoms with Crippen molar-refractivity contribution in [2.75, 3.05) is 13.7 Å². The molecule has 1 amide bonds. The lowest BCUT2D eigenvalue weighted by Gasteiger charge is -2.31. The van der Waals surface area contributed by atoms with Crippen molar-refractivity contribution in [2.45, 2.75) is 19.8 Å². The van der Waals surface area contributed by atoms with Gasteiger partial charge in [0.2, 0.25) is 0 Å². The van der Waals surface area contributed by atoms with Crippen molar-refractivity contribution in [1.29, 1.82) is 0 Å². The van der Waals surface area contributed by atoms with Gasteiger partial charge < -0.3 is 10.1 Å². The Morgan fingerprint density at radius 1 is 1.65 bits per heavy atom. The molecule has 0 aromatic heterocycles. The van der Waals surface area contributed by atoms with Crippen LogP contribution in [-0.2, 0) is 9.53 Å². The normalized spacial score (nSPS) is 20.4. The number of carbonyl (C=O) groups excluding carboxylic acids is 1. The van der Waals surface area contributed by atoms with Gasteiger partial charge in [0.15, 0.2) is 0 Å². The molecule has 1 atom stereocenters. The van der Waals surface area contributed by atoms with E-state index in [1.807, 2.05) is 6.08 Å². The summed E-state index contributed by atoms with van der Waals surface area (Å²) in [6.45, 7) is 2.69. The molecule has 0 spiro atoms. The van der Waals surface area contributed by atoms with Crippen LogP contribution in [0.15, 0.2) is 28.8 Å². The molecule has 1 N–H and O–H groups in total. The minimum atomic E-state index is -0.101. The molecule has 5 heteroatoms. The Morgan fingerprint density at radius 3 is 3.18 bits per heavy atom. The number of methoxy groups -OCH3 is 1. The molecule has 17 heavy (non-hydrogen) atoms. The number of rotatable bonds is 4. The topological polar surface area (TPSA) is 53.9 Å². The number of nitrogens with zero attached hydrogens (tertiary/aromatic N) is 2. The summed E-state index contributed by atoms with van der Waals surface area (Å²) < 4.78 is 5.16. The van der Waals surface area contributed by atoms with E-state index in [4.69, 9.17) is 4.74 Å². The molecule has 0 radical (unpaired) electrons. The highest BCUT2D eigenvalue weighted by Crippen LogP contribution is 2.22. The highest BCUT2D eigenvalue weighted by atomic mass is 16.5.